The number of benzene rings is 1. The molecule has 4 nitrogen and oxygen atoms in total. The second-order valence-electron chi connectivity index (χ2n) is 5.02. The molecule has 0 amide bonds. The number of halogens is 1. The summed E-state index contributed by atoms with van der Waals surface area (Å²) < 4.78 is 5.34. The average molecular weight is 391 g/mol. The number of ether oxygens (including phenoxy) is 1. The fourth-order valence-corrected chi connectivity index (χ4v) is 1.99. The van der Waals surface area contributed by atoms with Gasteiger partial charge in [0.25, 0.3) is 0 Å². The molecule has 1 aromatic rings. The van der Waals surface area contributed by atoms with Crippen LogP contribution in [0.3, 0.4) is 0 Å². The van der Waals surface area contributed by atoms with E-state index in [9.17, 15) is 0 Å². The van der Waals surface area contributed by atoms with E-state index in [0.717, 1.165) is 30.2 Å². The van der Waals surface area contributed by atoms with Crippen LogP contribution in [0.2, 0.25) is 0 Å². The molecule has 114 valence electrons. The summed E-state index contributed by atoms with van der Waals surface area (Å²) in [5, 5.41) is 0. The van der Waals surface area contributed by atoms with Crippen molar-refractivity contribution >= 4 is 29.9 Å². The second kappa shape index (κ2) is 9.05. The lowest BCUT2D eigenvalue weighted by Gasteiger charge is -2.22. The van der Waals surface area contributed by atoms with Gasteiger partial charge in [-0.05, 0) is 30.5 Å². The van der Waals surface area contributed by atoms with Crippen molar-refractivity contribution in [1.82, 2.24) is 9.80 Å². The molecule has 0 heterocycles. The quantitative estimate of drug-likeness (QED) is 0.449. The number of rotatable bonds is 4. The molecule has 20 heavy (non-hydrogen) atoms. The van der Waals surface area contributed by atoms with Crippen LogP contribution in [-0.4, -0.2) is 57.6 Å². The van der Waals surface area contributed by atoms with Crippen LogP contribution in [0.25, 0.3) is 0 Å². The first-order valence-corrected chi connectivity index (χ1v) is 6.48. The number of aryl methyl sites for hydroxylation is 1. The lowest BCUT2D eigenvalue weighted by atomic mass is 10.1. The minimum absolute atomic E-state index is 0. The highest BCUT2D eigenvalue weighted by Gasteiger charge is 2.04. The first-order chi connectivity index (χ1) is 8.95. The molecule has 0 unspecified atom stereocenters. The lowest BCUT2D eigenvalue weighted by Crippen LogP contribution is -2.35. The van der Waals surface area contributed by atoms with Gasteiger partial charge in [0.1, 0.15) is 5.75 Å². The predicted octanol–water partition coefficient (Wildman–Crippen LogP) is 2.64. The van der Waals surface area contributed by atoms with Gasteiger partial charge < -0.3 is 14.5 Å². The van der Waals surface area contributed by atoms with Gasteiger partial charge in [0, 0.05) is 34.7 Å². The van der Waals surface area contributed by atoms with Gasteiger partial charge in [0.05, 0.1) is 7.11 Å². The molecule has 0 aromatic heterocycles. The molecule has 0 aliphatic rings. The summed E-state index contributed by atoms with van der Waals surface area (Å²) in [6.07, 6.45) is 0.918. The SMILES string of the molecule is COc1cc(CCN=C(N(C)C)N(C)C)ccc1C.I. The third kappa shape index (κ3) is 5.56. The van der Waals surface area contributed by atoms with Crippen LogP contribution in [-0.2, 0) is 6.42 Å². The third-order valence-electron chi connectivity index (χ3n) is 2.93. The van der Waals surface area contributed by atoms with Crippen LogP contribution in [0.4, 0.5) is 0 Å². The summed E-state index contributed by atoms with van der Waals surface area (Å²) in [4.78, 5) is 8.67. The highest BCUT2D eigenvalue weighted by Crippen LogP contribution is 2.19. The van der Waals surface area contributed by atoms with Crippen molar-refractivity contribution in [3.05, 3.63) is 29.3 Å². The number of hydrogen-bond donors (Lipinski definition) is 0. The summed E-state index contributed by atoms with van der Waals surface area (Å²) in [7, 11) is 9.74. The minimum Gasteiger partial charge on any atom is -0.496 e. The summed E-state index contributed by atoms with van der Waals surface area (Å²) in [6, 6.07) is 6.32. The topological polar surface area (TPSA) is 28.1 Å². The normalized spacial score (nSPS) is 9.50. The summed E-state index contributed by atoms with van der Waals surface area (Å²) in [5.41, 5.74) is 2.42. The smallest absolute Gasteiger partial charge is 0.195 e. The standard InChI is InChI=1S/C15H25N3O.HI/c1-12-7-8-13(11-14(12)19-6)9-10-16-15(17(2)3)18(4)5;/h7-8,11H,9-10H2,1-6H3;1H. The van der Waals surface area contributed by atoms with E-state index >= 15 is 0 Å². The number of methoxy groups -OCH3 is 1. The molecule has 0 atom stereocenters. The van der Waals surface area contributed by atoms with Crippen LogP contribution in [0.5, 0.6) is 5.75 Å². The molecular weight excluding hydrogens is 365 g/mol. The number of aliphatic imine (C=N–C) groups is 1. The van der Waals surface area contributed by atoms with E-state index in [1.807, 2.05) is 38.0 Å². The molecule has 0 fully saturated rings. The Morgan fingerprint density at radius 3 is 2.25 bits per heavy atom. The number of guanidine groups is 1. The Bertz CT molecular complexity index is 435. The zero-order valence-corrected chi connectivity index (χ0v) is 15.6. The maximum absolute atomic E-state index is 5.34. The van der Waals surface area contributed by atoms with Crippen LogP contribution in [0.15, 0.2) is 23.2 Å². The van der Waals surface area contributed by atoms with Gasteiger partial charge in [0.2, 0.25) is 0 Å². The van der Waals surface area contributed by atoms with Gasteiger partial charge in [-0.25, -0.2) is 0 Å². The molecule has 0 N–H and O–H groups in total. The summed E-state index contributed by atoms with van der Waals surface area (Å²) in [5.74, 6) is 1.93. The minimum atomic E-state index is 0. The average Bonchev–Trinajstić information content (AvgIpc) is 2.35. The Labute approximate surface area is 139 Å². The van der Waals surface area contributed by atoms with Gasteiger partial charge in [0.15, 0.2) is 5.96 Å². The van der Waals surface area contributed by atoms with Crippen molar-refractivity contribution < 1.29 is 4.74 Å². The zero-order valence-electron chi connectivity index (χ0n) is 13.3. The van der Waals surface area contributed by atoms with E-state index in [-0.39, 0.29) is 24.0 Å². The maximum atomic E-state index is 5.34. The Kier molecular flexibility index (Phi) is 8.60. The van der Waals surface area contributed by atoms with Gasteiger partial charge in [-0.1, -0.05) is 12.1 Å². The molecule has 0 saturated carbocycles. The van der Waals surface area contributed by atoms with Crippen LogP contribution >= 0.6 is 24.0 Å². The fraction of sp³-hybridized carbons (Fsp3) is 0.533. The third-order valence-corrected chi connectivity index (χ3v) is 2.93. The Morgan fingerprint density at radius 1 is 1.15 bits per heavy atom. The summed E-state index contributed by atoms with van der Waals surface area (Å²) >= 11 is 0. The van der Waals surface area contributed by atoms with Gasteiger partial charge >= 0.3 is 0 Å². The van der Waals surface area contributed by atoms with E-state index in [1.54, 1.807) is 7.11 Å². The first-order valence-electron chi connectivity index (χ1n) is 6.48. The Morgan fingerprint density at radius 2 is 1.75 bits per heavy atom. The van der Waals surface area contributed by atoms with E-state index < -0.39 is 0 Å². The van der Waals surface area contributed by atoms with Crippen molar-refractivity contribution in [3.63, 3.8) is 0 Å². The van der Waals surface area contributed by atoms with Crippen molar-refractivity contribution in [1.29, 1.82) is 0 Å². The van der Waals surface area contributed by atoms with Crippen molar-refractivity contribution in [3.8, 4) is 5.75 Å². The van der Waals surface area contributed by atoms with Crippen LogP contribution in [0, 0.1) is 6.92 Å². The van der Waals surface area contributed by atoms with E-state index in [1.165, 1.54) is 5.56 Å². The molecular formula is C15H26IN3O. The molecule has 1 rings (SSSR count). The molecule has 0 saturated heterocycles. The van der Waals surface area contributed by atoms with E-state index in [0.29, 0.717) is 0 Å². The Hall–Kier alpha value is -0.980. The predicted molar refractivity (Wildman–Crippen MR) is 96.5 cm³/mol. The zero-order chi connectivity index (χ0) is 14.4. The maximum Gasteiger partial charge on any atom is 0.195 e. The summed E-state index contributed by atoms with van der Waals surface area (Å²) in [6.45, 7) is 2.83. The molecule has 0 radical (unpaired) electrons. The van der Waals surface area contributed by atoms with Crippen molar-refractivity contribution in [2.24, 2.45) is 4.99 Å². The first kappa shape index (κ1) is 19.0. The van der Waals surface area contributed by atoms with Gasteiger partial charge in [-0.15, -0.1) is 24.0 Å². The molecule has 5 heteroatoms. The van der Waals surface area contributed by atoms with Crippen LogP contribution in [0.1, 0.15) is 11.1 Å². The lowest BCUT2D eigenvalue weighted by molar-refractivity contribution is 0.411. The monoisotopic (exact) mass is 391 g/mol. The van der Waals surface area contributed by atoms with Gasteiger partial charge in [-0.2, -0.15) is 0 Å². The fourth-order valence-electron chi connectivity index (χ4n) is 1.99. The molecule has 1 aromatic carbocycles. The van der Waals surface area contributed by atoms with Crippen molar-refractivity contribution in [2.45, 2.75) is 13.3 Å². The highest BCUT2D eigenvalue weighted by molar-refractivity contribution is 14.0. The Balaban J connectivity index is 0.00000361. The molecule has 0 bridgehead atoms. The highest BCUT2D eigenvalue weighted by atomic mass is 127. The van der Waals surface area contributed by atoms with Crippen LogP contribution < -0.4 is 4.74 Å². The van der Waals surface area contributed by atoms with E-state index in [2.05, 4.69) is 30.1 Å². The molecule has 0 spiro atoms. The number of hydrogen-bond acceptors (Lipinski definition) is 2. The molecule has 0 aliphatic carbocycles. The largest absolute Gasteiger partial charge is 0.496 e. The molecule has 0 aliphatic heterocycles. The second-order valence-corrected chi connectivity index (χ2v) is 5.02. The number of nitrogens with zero attached hydrogens (tertiary/aromatic N) is 3. The van der Waals surface area contributed by atoms with Gasteiger partial charge in [-0.3, -0.25) is 4.99 Å². The van der Waals surface area contributed by atoms with Crippen molar-refractivity contribution in [2.75, 3.05) is 41.8 Å². The van der Waals surface area contributed by atoms with E-state index in [4.69, 9.17) is 4.74 Å².